The Morgan fingerprint density at radius 1 is 1.10 bits per heavy atom. The summed E-state index contributed by atoms with van der Waals surface area (Å²) in [7, 11) is 0. The Bertz CT molecular complexity index is 725. The molecule has 0 N–H and O–H groups in total. The molecule has 0 aliphatic rings. The van der Waals surface area contributed by atoms with Crippen LogP contribution in [0.15, 0.2) is 41.8 Å². The minimum atomic E-state index is 0.459. The first kappa shape index (κ1) is 13.2. The minimum absolute atomic E-state index is 0.459. The number of thiazole rings is 1. The van der Waals surface area contributed by atoms with Crippen LogP contribution < -0.4 is 0 Å². The topological polar surface area (TPSA) is 38.7 Å². The van der Waals surface area contributed by atoms with Gasteiger partial charge in [-0.1, -0.05) is 41.9 Å². The lowest BCUT2D eigenvalue weighted by Crippen LogP contribution is -1.99. The maximum Gasteiger partial charge on any atom is 0.136 e. The van der Waals surface area contributed by atoms with Gasteiger partial charge in [-0.3, -0.25) is 0 Å². The highest BCUT2D eigenvalue weighted by molar-refractivity contribution is 7.09. The van der Waals surface area contributed by atoms with E-state index in [0.717, 1.165) is 22.0 Å². The third-order valence-electron chi connectivity index (χ3n) is 2.82. The summed E-state index contributed by atoms with van der Waals surface area (Å²) < 4.78 is 0. The summed E-state index contributed by atoms with van der Waals surface area (Å²) in [5.74, 6) is 0.696. The van der Waals surface area contributed by atoms with Gasteiger partial charge in [-0.15, -0.1) is 11.3 Å². The zero-order valence-corrected chi connectivity index (χ0v) is 12.4. The molecule has 0 fully saturated rings. The predicted molar refractivity (Wildman–Crippen MR) is 82.1 cm³/mol. The van der Waals surface area contributed by atoms with Gasteiger partial charge in [0.2, 0.25) is 0 Å². The van der Waals surface area contributed by atoms with Crippen LogP contribution in [0, 0.1) is 6.92 Å². The number of aromatic nitrogens is 3. The van der Waals surface area contributed by atoms with Crippen molar-refractivity contribution in [2.45, 2.75) is 13.3 Å². The molecular formula is C15H12ClN3S. The van der Waals surface area contributed by atoms with Crippen molar-refractivity contribution < 1.29 is 0 Å². The summed E-state index contributed by atoms with van der Waals surface area (Å²) in [5.41, 5.74) is 2.86. The van der Waals surface area contributed by atoms with E-state index in [0.29, 0.717) is 17.4 Å². The maximum absolute atomic E-state index is 6.10. The van der Waals surface area contributed by atoms with Crippen LogP contribution in [0.5, 0.6) is 0 Å². The fraction of sp³-hybridized carbons (Fsp3) is 0.133. The molecule has 3 nitrogen and oxygen atoms in total. The second kappa shape index (κ2) is 5.69. The first-order valence-corrected chi connectivity index (χ1v) is 7.46. The van der Waals surface area contributed by atoms with Crippen molar-refractivity contribution in [1.82, 2.24) is 15.0 Å². The van der Waals surface area contributed by atoms with E-state index in [1.54, 1.807) is 17.4 Å². The molecule has 20 heavy (non-hydrogen) atoms. The molecule has 0 aliphatic carbocycles. The highest BCUT2D eigenvalue weighted by Gasteiger charge is 2.08. The van der Waals surface area contributed by atoms with Crippen molar-refractivity contribution in [3.63, 3.8) is 0 Å². The quantitative estimate of drug-likeness (QED) is 0.682. The number of aryl methyl sites for hydroxylation is 1. The van der Waals surface area contributed by atoms with E-state index in [4.69, 9.17) is 11.6 Å². The predicted octanol–water partition coefficient (Wildman–Crippen LogP) is 4.15. The zero-order chi connectivity index (χ0) is 13.9. The standard InChI is InChI=1S/C15H12ClN3S/c1-10-17-12(9-20-10)7-15-18-13(8-14(16)19-15)11-5-3-2-4-6-11/h2-6,8-9H,7H2,1H3. The Kier molecular flexibility index (Phi) is 3.76. The van der Waals surface area contributed by atoms with Crippen LogP contribution in [0.1, 0.15) is 16.5 Å². The minimum Gasteiger partial charge on any atom is -0.246 e. The molecule has 2 heterocycles. The summed E-state index contributed by atoms with van der Waals surface area (Å²) >= 11 is 7.73. The molecule has 0 bridgehead atoms. The van der Waals surface area contributed by atoms with Crippen molar-refractivity contribution in [1.29, 1.82) is 0 Å². The SMILES string of the molecule is Cc1nc(Cc2nc(Cl)cc(-c3ccccc3)n2)cs1. The molecule has 0 saturated heterocycles. The average molecular weight is 302 g/mol. The summed E-state index contributed by atoms with van der Waals surface area (Å²) in [5, 5.41) is 3.54. The van der Waals surface area contributed by atoms with Gasteiger partial charge in [0.05, 0.1) is 22.8 Å². The number of hydrogen-bond acceptors (Lipinski definition) is 4. The van der Waals surface area contributed by atoms with Crippen molar-refractivity contribution in [2.75, 3.05) is 0 Å². The maximum atomic E-state index is 6.10. The van der Waals surface area contributed by atoms with Crippen LogP contribution >= 0.6 is 22.9 Å². The smallest absolute Gasteiger partial charge is 0.136 e. The van der Waals surface area contributed by atoms with Gasteiger partial charge in [0.1, 0.15) is 11.0 Å². The zero-order valence-electron chi connectivity index (χ0n) is 10.9. The molecule has 0 amide bonds. The second-order valence-corrected chi connectivity index (χ2v) is 5.84. The lowest BCUT2D eigenvalue weighted by Gasteiger charge is -2.04. The van der Waals surface area contributed by atoms with Crippen molar-refractivity contribution >= 4 is 22.9 Å². The van der Waals surface area contributed by atoms with Gasteiger partial charge in [-0.25, -0.2) is 15.0 Å². The molecule has 3 rings (SSSR count). The average Bonchev–Trinajstić information content (AvgIpc) is 2.84. The van der Waals surface area contributed by atoms with E-state index in [1.807, 2.05) is 42.6 Å². The number of hydrogen-bond donors (Lipinski definition) is 0. The van der Waals surface area contributed by atoms with Crippen molar-refractivity contribution in [2.24, 2.45) is 0 Å². The van der Waals surface area contributed by atoms with Crippen LogP contribution in [0.3, 0.4) is 0 Å². The summed E-state index contributed by atoms with van der Waals surface area (Å²) in [6.07, 6.45) is 0.602. The molecule has 1 aromatic carbocycles. The van der Waals surface area contributed by atoms with E-state index in [-0.39, 0.29) is 0 Å². The molecule has 0 aliphatic heterocycles. The van der Waals surface area contributed by atoms with Gasteiger partial charge < -0.3 is 0 Å². The number of nitrogens with zero attached hydrogens (tertiary/aromatic N) is 3. The van der Waals surface area contributed by atoms with E-state index < -0.39 is 0 Å². The summed E-state index contributed by atoms with van der Waals surface area (Å²) in [4.78, 5) is 13.3. The van der Waals surface area contributed by atoms with Crippen molar-refractivity contribution in [3.05, 3.63) is 63.5 Å². The van der Waals surface area contributed by atoms with Crippen LogP contribution in [-0.4, -0.2) is 15.0 Å². The van der Waals surface area contributed by atoms with Crippen LogP contribution in [0.2, 0.25) is 5.15 Å². The Morgan fingerprint density at radius 3 is 2.60 bits per heavy atom. The van der Waals surface area contributed by atoms with Gasteiger partial charge >= 0.3 is 0 Å². The van der Waals surface area contributed by atoms with E-state index >= 15 is 0 Å². The molecule has 0 atom stereocenters. The molecule has 0 radical (unpaired) electrons. The summed E-state index contributed by atoms with van der Waals surface area (Å²) in [6.45, 7) is 1.99. The molecule has 0 spiro atoms. The van der Waals surface area contributed by atoms with Gasteiger partial charge in [-0.05, 0) is 6.92 Å². The Balaban J connectivity index is 1.94. The van der Waals surface area contributed by atoms with E-state index in [2.05, 4.69) is 15.0 Å². The molecule has 5 heteroatoms. The largest absolute Gasteiger partial charge is 0.246 e. The molecule has 0 saturated carbocycles. The number of benzene rings is 1. The van der Waals surface area contributed by atoms with Gasteiger partial charge in [-0.2, -0.15) is 0 Å². The Labute approximate surface area is 126 Å². The normalized spacial score (nSPS) is 10.7. The van der Waals surface area contributed by atoms with Crippen molar-refractivity contribution in [3.8, 4) is 11.3 Å². The fourth-order valence-electron chi connectivity index (χ4n) is 1.95. The van der Waals surface area contributed by atoms with Gasteiger partial charge in [0.15, 0.2) is 0 Å². The third kappa shape index (κ3) is 3.03. The Hall–Kier alpha value is -1.78. The lowest BCUT2D eigenvalue weighted by atomic mass is 10.1. The molecule has 0 unspecified atom stereocenters. The lowest BCUT2D eigenvalue weighted by molar-refractivity contribution is 0.944. The van der Waals surface area contributed by atoms with Crippen LogP contribution in [0.25, 0.3) is 11.3 Å². The Morgan fingerprint density at radius 2 is 1.90 bits per heavy atom. The number of rotatable bonds is 3. The fourth-order valence-corrected chi connectivity index (χ4v) is 2.77. The highest BCUT2D eigenvalue weighted by Crippen LogP contribution is 2.21. The molecule has 2 aromatic heterocycles. The van der Waals surface area contributed by atoms with Gasteiger partial charge in [0.25, 0.3) is 0 Å². The molecule has 3 aromatic rings. The molecule has 100 valence electrons. The number of halogens is 1. The monoisotopic (exact) mass is 301 g/mol. The summed E-state index contributed by atoms with van der Waals surface area (Å²) in [6, 6.07) is 11.7. The first-order chi connectivity index (χ1) is 9.70. The third-order valence-corrected chi connectivity index (χ3v) is 3.83. The first-order valence-electron chi connectivity index (χ1n) is 6.20. The van der Waals surface area contributed by atoms with E-state index in [9.17, 15) is 0 Å². The van der Waals surface area contributed by atoms with Crippen LogP contribution in [0.4, 0.5) is 0 Å². The second-order valence-electron chi connectivity index (χ2n) is 4.39. The van der Waals surface area contributed by atoms with Crippen LogP contribution in [-0.2, 0) is 6.42 Å². The molecular weight excluding hydrogens is 290 g/mol. The van der Waals surface area contributed by atoms with E-state index in [1.165, 1.54) is 0 Å². The highest BCUT2D eigenvalue weighted by atomic mass is 35.5. The van der Waals surface area contributed by atoms with Gasteiger partial charge in [0, 0.05) is 17.0 Å².